The molecule has 0 aliphatic carbocycles. The summed E-state index contributed by atoms with van der Waals surface area (Å²) in [7, 11) is 0. The Hall–Kier alpha value is -2.81. The van der Waals surface area contributed by atoms with Crippen LogP contribution in [-0.2, 0) is 0 Å². The number of urea groups is 1. The second kappa shape index (κ2) is 7.31. The van der Waals surface area contributed by atoms with Gasteiger partial charge in [-0.05, 0) is 37.1 Å². The van der Waals surface area contributed by atoms with Crippen molar-refractivity contribution in [3.05, 3.63) is 53.5 Å². The topological polar surface area (TPSA) is 54.5 Å². The summed E-state index contributed by atoms with van der Waals surface area (Å²) in [4.78, 5) is 19.1. The number of benzene rings is 2. The fourth-order valence-electron chi connectivity index (χ4n) is 3.27. The molecule has 1 N–H and O–H groups in total. The van der Waals surface area contributed by atoms with Crippen LogP contribution in [0.3, 0.4) is 0 Å². The summed E-state index contributed by atoms with van der Waals surface area (Å²) in [5, 5.41) is 3.52. The molecule has 1 saturated heterocycles. The number of thiazole rings is 1. The van der Waals surface area contributed by atoms with Crippen molar-refractivity contribution in [2.45, 2.75) is 25.2 Å². The predicted octanol–water partition coefficient (Wildman–Crippen LogP) is 5.56. The summed E-state index contributed by atoms with van der Waals surface area (Å²) in [5.41, 5.74) is 1.13. The second-order valence-electron chi connectivity index (χ2n) is 6.38. The molecule has 0 spiro atoms. The molecule has 3 aromatic rings. The van der Waals surface area contributed by atoms with Crippen LogP contribution in [0.5, 0.6) is 5.75 Å². The number of carbonyl (C=O) groups is 1. The molecule has 1 fully saturated rings. The Labute approximate surface area is 162 Å². The Morgan fingerprint density at radius 2 is 2.04 bits per heavy atom. The number of halogens is 3. The van der Waals surface area contributed by atoms with Crippen LogP contribution in [0.4, 0.5) is 23.7 Å². The highest BCUT2D eigenvalue weighted by molar-refractivity contribution is 7.18. The standard InChI is InChI=1S/C19H16F3N3O2S/c20-19(21,22)27-13-6-3-5-12(11-13)23-18(26)25-10-4-8-15(25)17-24-14-7-1-2-9-16(14)28-17/h1-3,5-7,9,11,15H,4,8,10H2,(H,23,26). The molecule has 1 aliphatic heterocycles. The molecule has 28 heavy (non-hydrogen) atoms. The molecular formula is C19H16F3N3O2S. The van der Waals surface area contributed by atoms with E-state index in [1.807, 2.05) is 24.3 Å². The Bertz CT molecular complexity index is 972. The number of carbonyl (C=O) groups excluding carboxylic acids is 1. The largest absolute Gasteiger partial charge is 0.573 e. The molecule has 1 atom stereocenters. The van der Waals surface area contributed by atoms with Crippen molar-refractivity contribution in [3.63, 3.8) is 0 Å². The van der Waals surface area contributed by atoms with Crippen LogP contribution in [0.1, 0.15) is 23.9 Å². The van der Waals surface area contributed by atoms with Gasteiger partial charge in [-0.15, -0.1) is 24.5 Å². The molecule has 0 bridgehead atoms. The lowest BCUT2D eigenvalue weighted by atomic mass is 10.2. The van der Waals surface area contributed by atoms with Gasteiger partial charge in [0.25, 0.3) is 0 Å². The number of fused-ring (bicyclic) bond motifs is 1. The molecule has 2 amide bonds. The number of hydrogen-bond acceptors (Lipinski definition) is 4. The first-order valence-corrected chi connectivity index (χ1v) is 9.49. The first-order chi connectivity index (χ1) is 13.4. The zero-order valence-electron chi connectivity index (χ0n) is 14.6. The summed E-state index contributed by atoms with van der Waals surface area (Å²) >= 11 is 1.55. The zero-order chi connectivity index (χ0) is 19.7. The molecule has 0 radical (unpaired) electrons. The van der Waals surface area contributed by atoms with E-state index in [1.165, 1.54) is 18.2 Å². The number of ether oxygens (including phenoxy) is 1. The fraction of sp³-hybridized carbons (Fsp3) is 0.263. The van der Waals surface area contributed by atoms with Crippen LogP contribution in [0.15, 0.2) is 48.5 Å². The van der Waals surface area contributed by atoms with Gasteiger partial charge < -0.3 is 15.0 Å². The minimum atomic E-state index is -4.78. The molecule has 1 aliphatic rings. The molecule has 146 valence electrons. The minimum absolute atomic E-state index is 0.146. The van der Waals surface area contributed by atoms with E-state index >= 15 is 0 Å². The van der Waals surface area contributed by atoms with E-state index in [1.54, 1.807) is 16.2 Å². The number of hydrogen-bond donors (Lipinski definition) is 1. The number of alkyl halides is 3. The lowest BCUT2D eigenvalue weighted by molar-refractivity contribution is -0.274. The van der Waals surface area contributed by atoms with Crippen LogP contribution in [-0.4, -0.2) is 28.8 Å². The Balaban J connectivity index is 1.50. The van der Waals surface area contributed by atoms with Crippen LogP contribution in [0.2, 0.25) is 0 Å². The molecule has 2 heterocycles. The third kappa shape index (κ3) is 4.04. The molecule has 2 aromatic carbocycles. The number of nitrogens with zero attached hydrogens (tertiary/aromatic N) is 2. The highest BCUT2D eigenvalue weighted by atomic mass is 32.1. The number of aromatic nitrogens is 1. The van der Waals surface area contributed by atoms with Gasteiger partial charge in [0.15, 0.2) is 0 Å². The maximum Gasteiger partial charge on any atom is 0.573 e. The zero-order valence-corrected chi connectivity index (χ0v) is 15.4. The Kier molecular flexibility index (Phi) is 4.84. The van der Waals surface area contributed by atoms with Crippen molar-refractivity contribution in [1.29, 1.82) is 0 Å². The number of anilines is 1. The van der Waals surface area contributed by atoms with Crippen molar-refractivity contribution in [3.8, 4) is 5.75 Å². The molecular weight excluding hydrogens is 391 g/mol. The fourth-order valence-corrected chi connectivity index (χ4v) is 4.38. The number of nitrogens with one attached hydrogen (secondary N) is 1. The summed E-state index contributed by atoms with van der Waals surface area (Å²) in [6, 6.07) is 12.5. The maximum absolute atomic E-state index is 12.7. The first kappa shape index (κ1) is 18.5. The smallest absolute Gasteiger partial charge is 0.406 e. The van der Waals surface area contributed by atoms with E-state index in [4.69, 9.17) is 0 Å². The van der Waals surface area contributed by atoms with E-state index in [0.29, 0.717) is 6.54 Å². The molecule has 1 unspecified atom stereocenters. The summed E-state index contributed by atoms with van der Waals surface area (Å²) < 4.78 is 42.1. The SMILES string of the molecule is O=C(Nc1cccc(OC(F)(F)F)c1)N1CCCC1c1nc2ccccc2s1. The molecule has 1 aromatic heterocycles. The van der Waals surface area contributed by atoms with Crippen LogP contribution in [0.25, 0.3) is 10.2 Å². The van der Waals surface area contributed by atoms with Gasteiger partial charge in [0.2, 0.25) is 0 Å². The number of amides is 2. The lowest BCUT2D eigenvalue weighted by Gasteiger charge is -2.23. The number of rotatable bonds is 3. The number of para-hydroxylation sites is 1. The average molecular weight is 407 g/mol. The molecule has 9 heteroatoms. The van der Waals surface area contributed by atoms with Crippen molar-refractivity contribution >= 4 is 33.3 Å². The van der Waals surface area contributed by atoms with Crippen molar-refractivity contribution in [2.24, 2.45) is 0 Å². The van der Waals surface area contributed by atoms with Crippen LogP contribution < -0.4 is 10.1 Å². The van der Waals surface area contributed by atoms with Gasteiger partial charge in [-0.2, -0.15) is 0 Å². The summed E-state index contributed by atoms with van der Waals surface area (Å²) in [5.74, 6) is -0.380. The highest BCUT2D eigenvalue weighted by Crippen LogP contribution is 2.37. The normalized spacial score (nSPS) is 17.1. The van der Waals surface area contributed by atoms with Crippen molar-refractivity contribution < 1.29 is 22.7 Å². The third-order valence-corrected chi connectivity index (χ3v) is 5.57. The monoisotopic (exact) mass is 407 g/mol. The van der Waals surface area contributed by atoms with E-state index in [-0.39, 0.29) is 23.5 Å². The van der Waals surface area contributed by atoms with E-state index in [0.717, 1.165) is 34.1 Å². The van der Waals surface area contributed by atoms with Gasteiger partial charge in [-0.25, -0.2) is 9.78 Å². The number of likely N-dealkylation sites (tertiary alicyclic amines) is 1. The highest BCUT2D eigenvalue weighted by Gasteiger charge is 2.33. The van der Waals surface area contributed by atoms with Gasteiger partial charge in [-0.3, -0.25) is 0 Å². The Morgan fingerprint density at radius 3 is 2.82 bits per heavy atom. The lowest BCUT2D eigenvalue weighted by Crippen LogP contribution is -2.34. The van der Waals surface area contributed by atoms with E-state index < -0.39 is 6.36 Å². The predicted molar refractivity (Wildman–Crippen MR) is 100 cm³/mol. The molecule has 0 saturated carbocycles. The van der Waals surface area contributed by atoms with E-state index in [9.17, 15) is 18.0 Å². The summed E-state index contributed by atoms with van der Waals surface area (Å²) in [6.07, 6.45) is -3.15. The third-order valence-electron chi connectivity index (χ3n) is 4.43. The van der Waals surface area contributed by atoms with Crippen LogP contribution in [0, 0.1) is 0 Å². The Morgan fingerprint density at radius 1 is 1.21 bits per heavy atom. The molecule has 5 nitrogen and oxygen atoms in total. The second-order valence-corrected chi connectivity index (χ2v) is 7.44. The van der Waals surface area contributed by atoms with E-state index in [2.05, 4.69) is 15.0 Å². The van der Waals surface area contributed by atoms with Gasteiger partial charge >= 0.3 is 12.4 Å². The average Bonchev–Trinajstić information content (AvgIpc) is 3.27. The van der Waals surface area contributed by atoms with Crippen LogP contribution >= 0.6 is 11.3 Å². The van der Waals surface area contributed by atoms with Crippen molar-refractivity contribution in [2.75, 3.05) is 11.9 Å². The van der Waals surface area contributed by atoms with Crippen molar-refractivity contribution in [1.82, 2.24) is 9.88 Å². The maximum atomic E-state index is 12.7. The first-order valence-electron chi connectivity index (χ1n) is 8.68. The van der Waals surface area contributed by atoms with Gasteiger partial charge in [-0.1, -0.05) is 18.2 Å². The molecule has 4 rings (SSSR count). The van der Waals surface area contributed by atoms with Gasteiger partial charge in [0, 0.05) is 18.3 Å². The van der Waals surface area contributed by atoms with Gasteiger partial charge in [0.1, 0.15) is 10.8 Å². The summed E-state index contributed by atoms with van der Waals surface area (Å²) in [6.45, 7) is 0.561. The van der Waals surface area contributed by atoms with Gasteiger partial charge in [0.05, 0.1) is 16.3 Å². The minimum Gasteiger partial charge on any atom is -0.406 e. The quantitative estimate of drug-likeness (QED) is 0.618.